The molecule has 26 heavy (non-hydrogen) atoms. The Hall–Kier alpha value is -3.00. The highest BCUT2D eigenvalue weighted by Gasteiger charge is 2.19. The summed E-state index contributed by atoms with van der Waals surface area (Å²) in [5.74, 6) is 0.348. The second kappa shape index (κ2) is 7.09. The number of nitrogens with one attached hydrogen (secondary N) is 1. The largest absolute Gasteiger partial charge is 0.465 e. The van der Waals surface area contributed by atoms with Crippen molar-refractivity contribution in [2.75, 3.05) is 20.2 Å². The third-order valence-corrected chi connectivity index (χ3v) is 4.44. The van der Waals surface area contributed by atoms with Crippen molar-refractivity contribution in [3.63, 3.8) is 0 Å². The van der Waals surface area contributed by atoms with Crippen LogP contribution in [0.1, 0.15) is 29.2 Å². The number of rotatable bonds is 4. The zero-order chi connectivity index (χ0) is 17.9. The average molecular weight is 353 g/mol. The molecular weight excluding hydrogens is 334 g/mol. The molecule has 8 heteroatoms. The van der Waals surface area contributed by atoms with Gasteiger partial charge in [0, 0.05) is 18.3 Å². The fourth-order valence-electron chi connectivity index (χ4n) is 3.06. The molecule has 0 radical (unpaired) electrons. The number of carbonyl (C=O) groups is 1. The highest BCUT2D eigenvalue weighted by molar-refractivity contribution is 5.90. The molecule has 1 atom stereocenters. The van der Waals surface area contributed by atoms with E-state index in [4.69, 9.17) is 9.26 Å². The lowest BCUT2D eigenvalue weighted by molar-refractivity contribution is 0.0601. The zero-order valence-corrected chi connectivity index (χ0v) is 14.4. The number of piperidine rings is 1. The van der Waals surface area contributed by atoms with E-state index >= 15 is 0 Å². The standard InChI is InChI=1S/C18H19N5O3/c1-25-18(24)13-5-2-4-12(10-13)16-20-17(26-22-16)15-7-9-23(21-15)14-6-3-8-19-11-14/h2,4-5,7,9-10,14,19H,3,6,8,11H2,1H3. The minimum absolute atomic E-state index is 0.344. The number of carbonyl (C=O) groups excluding carboxylic acids is 1. The first kappa shape index (κ1) is 16.5. The van der Waals surface area contributed by atoms with E-state index in [0.29, 0.717) is 34.6 Å². The fourth-order valence-corrected chi connectivity index (χ4v) is 3.06. The molecule has 8 nitrogen and oxygen atoms in total. The average Bonchev–Trinajstić information content (AvgIpc) is 3.37. The summed E-state index contributed by atoms with van der Waals surface area (Å²) in [7, 11) is 1.35. The van der Waals surface area contributed by atoms with Crippen LogP contribution in [0.2, 0.25) is 0 Å². The maximum Gasteiger partial charge on any atom is 0.337 e. The summed E-state index contributed by atoms with van der Waals surface area (Å²) < 4.78 is 12.1. The summed E-state index contributed by atoms with van der Waals surface area (Å²) in [6.07, 6.45) is 4.18. The molecule has 134 valence electrons. The summed E-state index contributed by atoms with van der Waals surface area (Å²) in [5, 5.41) is 12.0. The predicted molar refractivity (Wildman–Crippen MR) is 93.4 cm³/mol. The van der Waals surface area contributed by atoms with Crippen molar-refractivity contribution < 1.29 is 14.1 Å². The van der Waals surface area contributed by atoms with Crippen LogP contribution >= 0.6 is 0 Å². The Morgan fingerprint density at radius 1 is 1.38 bits per heavy atom. The van der Waals surface area contributed by atoms with E-state index in [9.17, 15) is 4.79 Å². The number of benzene rings is 1. The number of aromatic nitrogens is 4. The van der Waals surface area contributed by atoms with Gasteiger partial charge in [-0.05, 0) is 37.6 Å². The van der Waals surface area contributed by atoms with E-state index < -0.39 is 5.97 Å². The second-order valence-corrected chi connectivity index (χ2v) is 6.18. The van der Waals surface area contributed by atoms with Crippen LogP contribution in [0, 0.1) is 0 Å². The summed E-state index contributed by atoms with van der Waals surface area (Å²) in [5.41, 5.74) is 1.75. The summed E-state index contributed by atoms with van der Waals surface area (Å²) >= 11 is 0. The topological polar surface area (TPSA) is 95.1 Å². The lowest BCUT2D eigenvalue weighted by Crippen LogP contribution is -2.31. The van der Waals surface area contributed by atoms with E-state index in [2.05, 4.69) is 20.6 Å². The molecule has 0 spiro atoms. The van der Waals surface area contributed by atoms with Gasteiger partial charge in [-0.25, -0.2) is 4.79 Å². The molecule has 1 saturated heterocycles. The molecule has 0 bridgehead atoms. The second-order valence-electron chi connectivity index (χ2n) is 6.18. The molecule has 2 aromatic heterocycles. The highest BCUT2D eigenvalue weighted by atomic mass is 16.5. The Kier molecular flexibility index (Phi) is 4.49. The van der Waals surface area contributed by atoms with Crippen molar-refractivity contribution in [2.45, 2.75) is 18.9 Å². The molecule has 0 saturated carbocycles. The number of nitrogens with zero attached hydrogens (tertiary/aromatic N) is 4. The first-order chi connectivity index (χ1) is 12.7. The first-order valence-corrected chi connectivity index (χ1v) is 8.53. The number of ether oxygens (including phenoxy) is 1. The van der Waals surface area contributed by atoms with Gasteiger partial charge in [0.1, 0.15) is 0 Å². The fraction of sp³-hybridized carbons (Fsp3) is 0.333. The van der Waals surface area contributed by atoms with Gasteiger partial charge in [0.25, 0.3) is 5.89 Å². The van der Waals surface area contributed by atoms with Gasteiger partial charge in [-0.15, -0.1) is 0 Å². The van der Waals surface area contributed by atoms with Crippen LogP contribution in [0.5, 0.6) is 0 Å². The molecule has 1 aliphatic rings. The SMILES string of the molecule is COC(=O)c1cccc(-c2noc(-c3ccn(C4CCCNC4)n3)n2)c1. The van der Waals surface area contributed by atoms with Crippen molar-refractivity contribution in [1.29, 1.82) is 0 Å². The van der Waals surface area contributed by atoms with Gasteiger partial charge in [-0.1, -0.05) is 17.3 Å². The van der Waals surface area contributed by atoms with Crippen LogP contribution in [0.15, 0.2) is 41.1 Å². The Morgan fingerprint density at radius 3 is 3.12 bits per heavy atom. The Labute approximate surface area is 150 Å². The van der Waals surface area contributed by atoms with Gasteiger partial charge >= 0.3 is 5.97 Å². The molecule has 0 amide bonds. The van der Waals surface area contributed by atoms with E-state index in [1.54, 1.807) is 18.2 Å². The molecule has 3 aromatic rings. The van der Waals surface area contributed by atoms with E-state index in [1.165, 1.54) is 7.11 Å². The Balaban J connectivity index is 1.57. The first-order valence-electron chi connectivity index (χ1n) is 8.53. The lowest BCUT2D eigenvalue weighted by Gasteiger charge is -2.22. The van der Waals surface area contributed by atoms with Crippen molar-refractivity contribution in [3.8, 4) is 23.0 Å². The van der Waals surface area contributed by atoms with E-state index in [0.717, 1.165) is 25.9 Å². The molecule has 1 aromatic carbocycles. The maximum atomic E-state index is 11.7. The number of hydrogen-bond donors (Lipinski definition) is 1. The zero-order valence-electron chi connectivity index (χ0n) is 14.4. The number of esters is 1. The van der Waals surface area contributed by atoms with Crippen LogP contribution in [-0.2, 0) is 4.74 Å². The molecule has 1 aliphatic heterocycles. The molecule has 3 heterocycles. The van der Waals surface area contributed by atoms with Gasteiger partial charge < -0.3 is 14.6 Å². The monoisotopic (exact) mass is 353 g/mol. The molecular formula is C18H19N5O3. The molecule has 0 aliphatic carbocycles. The van der Waals surface area contributed by atoms with Gasteiger partial charge in [-0.2, -0.15) is 10.1 Å². The van der Waals surface area contributed by atoms with Crippen molar-refractivity contribution in [1.82, 2.24) is 25.2 Å². The maximum absolute atomic E-state index is 11.7. The van der Waals surface area contributed by atoms with Gasteiger partial charge in [0.05, 0.1) is 18.7 Å². The van der Waals surface area contributed by atoms with E-state index in [-0.39, 0.29) is 0 Å². The Bertz CT molecular complexity index is 911. The normalized spacial score (nSPS) is 17.2. The Morgan fingerprint density at radius 2 is 2.31 bits per heavy atom. The third kappa shape index (κ3) is 3.23. The summed E-state index contributed by atoms with van der Waals surface area (Å²) in [6, 6.07) is 9.13. The number of hydrogen-bond acceptors (Lipinski definition) is 7. The van der Waals surface area contributed by atoms with Crippen LogP contribution in [-0.4, -0.2) is 46.1 Å². The van der Waals surface area contributed by atoms with Crippen LogP contribution in [0.25, 0.3) is 23.0 Å². The molecule has 1 unspecified atom stereocenters. The van der Waals surface area contributed by atoms with Gasteiger partial charge in [-0.3, -0.25) is 4.68 Å². The van der Waals surface area contributed by atoms with Gasteiger partial charge in [0.15, 0.2) is 5.69 Å². The predicted octanol–water partition coefficient (Wildman–Crippen LogP) is 2.31. The minimum Gasteiger partial charge on any atom is -0.465 e. The van der Waals surface area contributed by atoms with Gasteiger partial charge in [0.2, 0.25) is 5.82 Å². The smallest absolute Gasteiger partial charge is 0.337 e. The number of methoxy groups -OCH3 is 1. The van der Waals surface area contributed by atoms with Crippen LogP contribution < -0.4 is 5.32 Å². The third-order valence-electron chi connectivity index (χ3n) is 4.44. The van der Waals surface area contributed by atoms with Crippen LogP contribution in [0.3, 0.4) is 0 Å². The molecule has 1 fully saturated rings. The van der Waals surface area contributed by atoms with Crippen molar-refractivity contribution >= 4 is 5.97 Å². The van der Waals surface area contributed by atoms with Crippen molar-refractivity contribution in [2.24, 2.45) is 0 Å². The quantitative estimate of drug-likeness (QED) is 0.719. The van der Waals surface area contributed by atoms with E-state index in [1.807, 2.05) is 23.0 Å². The summed E-state index contributed by atoms with van der Waals surface area (Å²) in [4.78, 5) is 16.1. The van der Waals surface area contributed by atoms with Crippen molar-refractivity contribution in [3.05, 3.63) is 42.1 Å². The highest BCUT2D eigenvalue weighted by Crippen LogP contribution is 2.23. The minimum atomic E-state index is -0.407. The van der Waals surface area contributed by atoms with Crippen LogP contribution in [0.4, 0.5) is 0 Å². The summed E-state index contributed by atoms with van der Waals surface area (Å²) in [6.45, 7) is 1.97. The molecule has 4 rings (SSSR count). The lowest BCUT2D eigenvalue weighted by atomic mass is 10.1. The molecule has 1 N–H and O–H groups in total.